The molecule has 0 aromatic carbocycles. The second kappa shape index (κ2) is 7.91. The van der Waals surface area contributed by atoms with Crippen molar-refractivity contribution in [3.8, 4) is 6.01 Å². The summed E-state index contributed by atoms with van der Waals surface area (Å²) in [4.78, 5) is 41.2. The lowest BCUT2D eigenvalue weighted by Gasteiger charge is -2.34. The van der Waals surface area contributed by atoms with Gasteiger partial charge in [0.15, 0.2) is 11.9 Å². The van der Waals surface area contributed by atoms with E-state index in [1.54, 1.807) is 20.8 Å². The quantitative estimate of drug-likeness (QED) is 0.755. The molecule has 1 atom stereocenters. The summed E-state index contributed by atoms with van der Waals surface area (Å²) in [7, 11) is 0. The number of hydrogen-bond donors (Lipinski definition) is 1. The highest BCUT2D eigenvalue weighted by Gasteiger charge is 2.40. The maximum Gasteiger partial charge on any atom is 0.356 e. The largest absolute Gasteiger partial charge is 0.462 e. The molecule has 0 radical (unpaired) electrons. The van der Waals surface area contributed by atoms with Crippen molar-refractivity contribution in [2.75, 3.05) is 13.2 Å². The second-order valence-electron chi connectivity index (χ2n) is 6.98. The second-order valence-corrected chi connectivity index (χ2v) is 6.98. The minimum Gasteiger partial charge on any atom is -0.462 e. The molecule has 0 fully saturated rings. The van der Waals surface area contributed by atoms with E-state index in [0.717, 1.165) is 0 Å². The number of carbonyl (C=O) groups is 2. The molecule has 1 aliphatic heterocycles. The number of fused-ring (bicyclic) bond motifs is 1. The van der Waals surface area contributed by atoms with E-state index in [1.807, 2.05) is 20.8 Å². The maximum absolute atomic E-state index is 12.7. The van der Waals surface area contributed by atoms with Crippen LogP contribution in [0.3, 0.4) is 0 Å². The first-order valence-electron chi connectivity index (χ1n) is 8.72. The summed E-state index contributed by atoms with van der Waals surface area (Å²) in [5.74, 6) is -1.46. The van der Waals surface area contributed by atoms with Crippen LogP contribution < -0.4 is 15.6 Å². The van der Waals surface area contributed by atoms with Crippen molar-refractivity contribution >= 4 is 17.6 Å². The Morgan fingerprint density at radius 1 is 1.22 bits per heavy atom. The molecule has 148 valence electrons. The highest BCUT2D eigenvalue weighted by molar-refractivity contribution is 6.18. The Morgan fingerprint density at radius 2 is 1.81 bits per heavy atom. The van der Waals surface area contributed by atoms with Gasteiger partial charge in [-0.3, -0.25) is 14.7 Å². The maximum atomic E-state index is 12.7. The van der Waals surface area contributed by atoms with Gasteiger partial charge in [-0.05, 0) is 41.5 Å². The first-order valence-corrected chi connectivity index (χ1v) is 8.72. The zero-order valence-electron chi connectivity index (χ0n) is 16.4. The van der Waals surface area contributed by atoms with Crippen molar-refractivity contribution in [3.63, 3.8) is 0 Å². The molecule has 1 aromatic rings. The molecular formula is C18H25N3O6. The summed E-state index contributed by atoms with van der Waals surface area (Å²) < 4.78 is 17.3. The van der Waals surface area contributed by atoms with Gasteiger partial charge in [0.25, 0.3) is 5.56 Å². The average molecular weight is 379 g/mol. The van der Waals surface area contributed by atoms with Crippen molar-refractivity contribution in [3.05, 3.63) is 27.7 Å². The van der Waals surface area contributed by atoms with Crippen LogP contribution in [0.5, 0.6) is 6.01 Å². The monoisotopic (exact) mass is 379 g/mol. The minimum absolute atomic E-state index is 0.0393. The number of nitrogens with one attached hydrogen (secondary N) is 1. The molecule has 1 unspecified atom stereocenters. The normalized spacial score (nSPS) is 16.4. The number of ether oxygens (including phenoxy) is 3. The first-order chi connectivity index (χ1) is 12.6. The molecular weight excluding hydrogens is 354 g/mol. The molecule has 1 N–H and O–H groups in total. The van der Waals surface area contributed by atoms with Crippen molar-refractivity contribution in [2.24, 2.45) is 0 Å². The van der Waals surface area contributed by atoms with Gasteiger partial charge in [0.2, 0.25) is 0 Å². The van der Waals surface area contributed by atoms with Gasteiger partial charge in [0, 0.05) is 17.3 Å². The van der Waals surface area contributed by atoms with E-state index in [2.05, 4.69) is 10.3 Å². The van der Waals surface area contributed by atoms with Crippen LogP contribution in [0.4, 0.5) is 0 Å². The van der Waals surface area contributed by atoms with Gasteiger partial charge in [0.05, 0.1) is 13.2 Å². The molecule has 1 aliphatic rings. The Kier molecular flexibility index (Phi) is 6.04. The first kappa shape index (κ1) is 20.6. The molecule has 0 spiro atoms. The smallest absolute Gasteiger partial charge is 0.356 e. The van der Waals surface area contributed by atoms with Gasteiger partial charge in [-0.25, -0.2) is 9.59 Å². The SMILES string of the molecule is CCOC(=O)C1=C(C(=O)OCC)n2cc(C)c(=O)nc2OC1NC(C)(C)C. The van der Waals surface area contributed by atoms with Crippen LogP contribution in [0.15, 0.2) is 16.6 Å². The van der Waals surface area contributed by atoms with Crippen LogP contribution in [0, 0.1) is 6.92 Å². The summed E-state index contributed by atoms with van der Waals surface area (Å²) in [6.07, 6.45) is 0.349. The average Bonchev–Trinajstić information content (AvgIpc) is 2.54. The summed E-state index contributed by atoms with van der Waals surface area (Å²) in [5, 5.41) is 3.11. The third kappa shape index (κ3) is 4.54. The highest BCUT2D eigenvalue weighted by atomic mass is 16.6. The van der Waals surface area contributed by atoms with Crippen molar-refractivity contribution in [1.82, 2.24) is 14.9 Å². The number of aromatic nitrogens is 2. The Hall–Kier alpha value is -2.68. The fourth-order valence-corrected chi connectivity index (χ4v) is 2.51. The fraction of sp³-hybridized carbons (Fsp3) is 0.556. The summed E-state index contributed by atoms with van der Waals surface area (Å²) in [6, 6.07) is -0.108. The Labute approximate surface area is 157 Å². The van der Waals surface area contributed by atoms with Crippen molar-refractivity contribution < 1.29 is 23.8 Å². The number of rotatable bonds is 5. The molecule has 0 saturated heterocycles. The van der Waals surface area contributed by atoms with Gasteiger partial charge in [-0.1, -0.05) is 0 Å². The topological polar surface area (TPSA) is 109 Å². The van der Waals surface area contributed by atoms with Crippen LogP contribution in [-0.4, -0.2) is 46.5 Å². The summed E-state index contributed by atoms with van der Waals surface area (Å²) >= 11 is 0. The van der Waals surface area contributed by atoms with Gasteiger partial charge < -0.3 is 14.2 Å². The Morgan fingerprint density at radius 3 is 2.37 bits per heavy atom. The lowest BCUT2D eigenvalue weighted by molar-refractivity contribution is -0.142. The predicted molar refractivity (Wildman–Crippen MR) is 97.0 cm³/mol. The molecule has 0 saturated carbocycles. The molecule has 9 nitrogen and oxygen atoms in total. The lowest BCUT2D eigenvalue weighted by atomic mass is 10.0. The van der Waals surface area contributed by atoms with Crippen LogP contribution in [0.25, 0.3) is 5.70 Å². The van der Waals surface area contributed by atoms with E-state index in [-0.39, 0.29) is 36.1 Å². The standard InChI is InChI=1S/C18H25N3O6/c1-7-25-15(23)11-12(16(24)26-8-2)21-9-10(3)13(22)19-17(21)27-14(11)20-18(4,5)6/h9,14,20H,7-8H2,1-6H3. The van der Waals surface area contributed by atoms with E-state index in [0.29, 0.717) is 0 Å². The van der Waals surface area contributed by atoms with E-state index < -0.39 is 29.3 Å². The molecule has 27 heavy (non-hydrogen) atoms. The van der Waals surface area contributed by atoms with Crippen molar-refractivity contribution in [1.29, 1.82) is 0 Å². The molecule has 2 rings (SSSR count). The van der Waals surface area contributed by atoms with Crippen LogP contribution in [-0.2, 0) is 19.1 Å². The Bertz CT molecular complexity index is 834. The van der Waals surface area contributed by atoms with Crippen LogP contribution >= 0.6 is 0 Å². The molecule has 0 amide bonds. The number of hydrogen-bond acceptors (Lipinski definition) is 8. The minimum atomic E-state index is -1.04. The Balaban J connectivity index is 2.76. The van der Waals surface area contributed by atoms with Gasteiger partial charge in [-0.15, -0.1) is 0 Å². The van der Waals surface area contributed by atoms with Gasteiger partial charge in [-0.2, -0.15) is 4.98 Å². The number of carbonyl (C=O) groups excluding carboxylic acids is 2. The molecule has 1 aromatic heterocycles. The lowest BCUT2D eigenvalue weighted by Crippen LogP contribution is -2.52. The van der Waals surface area contributed by atoms with E-state index in [4.69, 9.17) is 14.2 Å². The molecule has 2 heterocycles. The summed E-state index contributed by atoms with van der Waals surface area (Å²) in [6.45, 7) is 10.7. The van der Waals surface area contributed by atoms with Gasteiger partial charge >= 0.3 is 17.9 Å². The molecule has 0 bridgehead atoms. The van der Waals surface area contributed by atoms with Crippen LogP contribution in [0.1, 0.15) is 40.2 Å². The zero-order chi connectivity index (χ0) is 20.4. The molecule has 9 heteroatoms. The predicted octanol–water partition coefficient (Wildman–Crippen LogP) is 0.996. The van der Waals surface area contributed by atoms with E-state index >= 15 is 0 Å². The van der Waals surface area contributed by atoms with E-state index in [1.165, 1.54) is 10.8 Å². The van der Waals surface area contributed by atoms with E-state index in [9.17, 15) is 14.4 Å². The van der Waals surface area contributed by atoms with Crippen molar-refractivity contribution in [2.45, 2.75) is 53.3 Å². The highest BCUT2D eigenvalue weighted by Crippen LogP contribution is 2.29. The number of esters is 2. The molecule has 0 aliphatic carbocycles. The summed E-state index contributed by atoms with van der Waals surface area (Å²) in [5.41, 5.74) is -0.806. The number of aryl methyl sites for hydroxylation is 1. The fourth-order valence-electron chi connectivity index (χ4n) is 2.51. The van der Waals surface area contributed by atoms with Crippen LogP contribution in [0.2, 0.25) is 0 Å². The third-order valence-electron chi connectivity index (χ3n) is 3.57. The van der Waals surface area contributed by atoms with Gasteiger partial charge in [0.1, 0.15) is 5.57 Å². The number of nitrogens with zero attached hydrogens (tertiary/aromatic N) is 2. The zero-order valence-corrected chi connectivity index (χ0v) is 16.4. The third-order valence-corrected chi connectivity index (χ3v) is 3.57.